The van der Waals surface area contributed by atoms with Gasteiger partial charge in [0, 0.05) is 58.0 Å². The molecule has 0 fully saturated rings. The van der Waals surface area contributed by atoms with Crippen molar-refractivity contribution in [1.29, 1.82) is 0 Å². The van der Waals surface area contributed by atoms with Crippen LogP contribution in [0, 0.1) is 5.82 Å². The van der Waals surface area contributed by atoms with Crippen molar-refractivity contribution in [2.45, 2.75) is 19.9 Å². The van der Waals surface area contributed by atoms with E-state index in [1.807, 2.05) is 36.9 Å². The van der Waals surface area contributed by atoms with Crippen molar-refractivity contribution < 1.29 is 23.5 Å². The summed E-state index contributed by atoms with van der Waals surface area (Å²) in [6, 6.07) is 9.05. The van der Waals surface area contributed by atoms with Gasteiger partial charge in [-0.2, -0.15) is 0 Å². The number of aryl methyl sites for hydroxylation is 1. The highest BCUT2D eigenvalue weighted by atomic mass is 19.1. The maximum atomic E-state index is 13.5. The fourth-order valence-corrected chi connectivity index (χ4v) is 3.14. The molecule has 0 radical (unpaired) electrons. The van der Waals surface area contributed by atoms with Crippen LogP contribution < -0.4 is 5.32 Å². The number of urea groups is 1. The largest absolute Gasteiger partial charge is 0.383 e. The van der Waals surface area contributed by atoms with E-state index < -0.39 is 11.8 Å². The van der Waals surface area contributed by atoms with Crippen LogP contribution in [0.5, 0.6) is 0 Å². The van der Waals surface area contributed by atoms with Gasteiger partial charge in [0.1, 0.15) is 12.4 Å². The number of amides is 3. The zero-order valence-electron chi connectivity index (χ0n) is 19.1. The number of methoxy groups -OCH3 is 1. The minimum Gasteiger partial charge on any atom is -0.383 e. The molecule has 0 saturated heterocycles. The summed E-state index contributed by atoms with van der Waals surface area (Å²) >= 11 is 0. The summed E-state index contributed by atoms with van der Waals surface area (Å²) in [5.41, 5.74) is 1.30. The fraction of sp³-hybridized carbons (Fsp3) is 0.478. The zero-order chi connectivity index (χ0) is 23.3. The lowest BCUT2D eigenvalue weighted by Crippen LogP contribution is -2.45. The molecule has 0 bridgehead atoms. The minimum atomic E-state index is -0.467. The number of nitrogens with zero attached hydrogens (tertiary/aromatic N) is 3. The van der Waals surface area contributed by atoms with Crippen LogP contribution in [0.1, 0.15) is 19.0 Å². The van der Waals surface area contributed by atoms with E-state index >= 15 is 0 Å². The molecule has 8 nitrogen and oxygen atoms in total. The lowest BCUT2D eigenvalue weighted by Gasteiger charge is -2.28. The third kappa shape index (κ3) is 8.32. The zero-order valence-corrected chi connectivity index (χ0v) is 19.1. The molecule has 32 heavy (non-hydrogen) atoms. The first-order valence-electron chi connectivity index (χ1n) is 10.7. The lowest BCUT2D eigenvalue weighted by atomic mass is 10.3. The summed E-state index contributed by atoms with van der Waals surface area (Å²) in [5, 5.41) is 2.67. The Kier molecular flexibility index (Phi) is 10.7. The summed E-state index contributed by atoms with van der Waals surface area (Å²) in [7, 11) is 3.50. The number of anilines is 1. The van der Waals surface area contributed by atoms with Crippen molar-refractivity contribution >= 4 is 17.6 Å². The van der Waals surface area contributed by atoms with E-state index in [0.717, 1.165) is 5.69 Å². The number of carbonyl (C=O) groups excluding carboxylic acids is 2. The van der Waals surface area contributed by atoms with E-state index in [9.17, 15) is 14.0 Å². The summed E-state index contributed by atoms with van der Waals surface area (Å²) < 4.78 is 26.0. The van der Waals surface area contributed by atoms with Crippen LogP contribution in [0.15, 0.2) is 42.6 Å². The van der Waals surface area contributed by atoms with Crippen LogP contribution in [0.25, 0.3) is 0 Å². The Hall–Kier alpha value is -2.91. The van der Waals surface area contributed by atoms with Gasteiger partial charge < -0.3 is 29.2 Å². The number of hydrogen-bond acceptors (Lipinski definition) is 4. The predicted molar refractivity (Wildman–Crippen MR) is 121 cm³/mol. The molecule has 2 rings (SSSR count). The van der Waals surface area contributed by atoms with Crippen molar-refractivity contribution in [2.75, 3.05) is 51.9 Å². The van der Waals surface area contributed by atoms with E-state index in [-0.39, 0.29) is 12.5 Å². The molecule has 2 aromatic rings. The number of halogens is 1. The SMILES string of the molecule is CCOCCCN(CC(=O)N(CCOC)Cc1cccn1C)C(=O)Nc1cccc(F)c1. The molecule has 1 aromatic carbocycles. The molecule has 0 aliphatic rings. The topological polar surface area (TPSA) is 76.0 Å². The standard InChI is InChI=1S/C23H33FN4O4/c1-4-32-14-7-12-28(23(30)25-20-9-5-8-19(24)16-20)18-22(29)27(13-15-31-3)17-21-10-6-11-26(21)2/h5-6,8-11,16H,4,7,12-15,17-18H2,1-3H3,(H,25,30). The van der Waals surface area contributed by atoms with Gasteiger partial charge in [-0.25, -0.2) is 9.18 Å². The Labute approximate surface area is 188 Å². The molecule has 0 spiro atoms. The van der Waals surface area contributed by atoms with E-state index in [4.69, 9.17) is 9.47 Å². The number of ether oxygens (including phenoxy) is 2. The number of hydrogen-bond donors (Lipinski definition) is 1. The molecule has 0 unspecified atom stereocenters. The summed E-state index contributed by atoms with van der Waals surface area (Å²) in [6.07, 6.45) is 2.49. The maximum Gasteiger partial charge on any atom is 0.322 e. The molecule has 1 aromatic heterocycles. The Morgan fingerprint density at radius 1 is 1.12 bits per heavy atom. The third-order valence-corrected chi connectivity index (χ3v) is 4.93. The lowest BCUT2D eigenvalue weighted by molar-refractivity contribution is -0.133. The smallest absolute Gasteiger partial charge is 0.322 e. The van der Waals surface area contributed by atoms with E-state index in [0.29, 0.717) is 51.6 Å². The molecule has 9 heteroatoms. The molecule has 3 amide bonds. The first-order valence-corrected chi connectivity index (χ1v) is 10.7. The van der Waals surface area contributed by atoms with Crippen LogP contribution in [0.2, 0.25) is 0 Å². The van der Waals surface area contributed by atoms with Crippen molar-refractivity contribution in [3.8, 4) is 0 Å². The van der Waals surface area contributed by atoms with Crippen LogP contribution in [-0.4, -0.2) is 72.9 Å². The van der Waals surface area contributed by atoms with E-state index in [1.165, 1.54) is 23.1 Å². The van der Waals surface area contributed by atoms with Crippen molar-refractivity contribution in [3.05, 3.63) is 54.1 Å². The number of carbonyl (C=O) groups is 2. The molecule has 1 N–H and O–H groups in total. The molecule has 0 saturated carbocycles. The van der Waals surface area contributed by atoms with E-state index in [2.05, 4.69) is 5.32 Å². The van der Waals surface area contributed by atoms with E-state index in [1.54, 1.807) is 18.1 Å². The highest BCUT2D eigenvalue weighted by molar-refractivity contribution is 5.92. The highest BCUT2D eigenvalue weighted by Gasteiger charge is 2.22. The molecule has 176 valence electrons. The number of rotatable bonds is 13. The van der Waals surface area contributed by atoms with Gasteiger partial charge in [-0.3, -0.25) is 4.79 Å². The summed E-state index contributed by atoms with van der Waals surface area (Å²) in [6.45, 7) is 4.37. The molecule has 0 atom stereocenters. The Morgan fingerprint density at radius 3 is 2.59 bits per heavy atom. The van der Waals surface area contributed by atoms with Crippen LogP contribution >= 0.6 is 0 Å². The van der Waals surface area contributed by atoms with Crippen molar-refractivity contribution in [2.24, 2.45) is 7.05 Å². The molecule has 1 heterocycles. The third-order valence-electron chi connectivity index (χ3n) is 4.93. The minimum absolute atomic E-state index is 0.110. The Balaban J connectivity index is 2.10. The summed E-state index contributed by atoms with van der Waals surface area (Å²) in [5.74, 6) is -0.649. The Bertz CT molecular complexity index is 858. The van der Waals surface area contributed by atoms with Gasteiger partial charge in [0.15, 0.2) is 0 Å². The first kappa shape index (κ1) is 25.4. The highest BCUT2D eigenvalue weighted by Crippen LogP contribution is 2.11. The van der Waals surface area contributed by atoms with Crippen LogP contribution in [-0.2, 0) is 27.9 Å². The monoisotopic (exact) mass is 448 g/mol. The second-order valence-electron chi connectivity index (χ2n) is 7.33. The number of aromatic nitrogens is 1. The molecular weight excluding hydrogens is 415 g/mol. The predicted octanol–water partition coefficient (Wildman–Crippen LogP) is 3.10. The number of nitrogens with one attached hydrogen (secondary N) is 1. The first-order chi connectivity index (χ1) is 15.4. The van der Waals surface area contributed by atoms with Crippen LogP contribution in [0.4, 0.5) is 14.9 Å². The van der Waals surface area contributed by atoms with Gasteiger partial charge in [0.05, 0.1) is 13.2 Å². The van der Waals surface area contributed by atoms with Crippen LogP contribution in [0.3, 0.4) is 0 Å². The maximum absolute atomic E-state index is 13.5. The fourth-order valence-electron chi connectivity index (χ4n) is 3.14. The normalized spacial score (nSPS) is 10.8. The quantitative estimate of drug-likeness (QED) is 0.478. The van der Waals surface area contributed by atoms with Crippen molar-refractivity contribution in [1.82, 2.24) is 14.4 Å². The van der Waals surface area contributed by atoms with Gasteiger partial charge in [0.2, 0.25) is 5.91 Å². The average molecular weight is 449 g/mol. The molecule has 0 aliphatic heterocycles. The average Bonchev–Trinajstić information content (AvgIpc) is 3.17. The summed E-state index contributed by atoms with van der Waals surface area (Å²) in [4.78, 5) is 29.1. The Morgan fingerprint density at radius 2 is 1.94 bits per heavy atom. The van der Waals surface area contributed by atoms with Gasteiger partial charge >= 0.3 is 6.03 Å². The van der Waals surface area contributed by atoms with Gasteiger partial charge in [-0.1, -0.05) is 6.07 Å². The second-order valence-corrected chi connectivity index (χ2v) is 7.33. The second kappa shape index (κ2) is 13.5. The molecular formula is C23H33FN4O4. The van der Waals surface area contributed by atoms with Gasteiger partial charge in [0.25, 0.3) is 0 Å². The molecule has 0 aliphatic carbocycles. The van der Waals surface area contributed by atoms with Gasteiger partial charge in [-0.05, 0) is 43.7 Å². The van der Waals surface area contributed by atoms with Gasteiger partial charge in [-0.15, -0.1) is 0 Å². The number of benzene rings is 1. The van der Waals surface area contributed by atoms with Crippen molar-refractivity contribution in [3.63, 3.8) is 0 Å².